The highest BCUT2D eigenvalue weighted by molar-refractivity contribution is 6.03. The van der Waals surface area contributed by atoms with Crippen LogP contribution in [0.15, 0.2) is 46.4 Å². The molecule has 4 heteroatoms. The zero-order chi connectivity index (χ0) is 23.6. The average molecular weight is 428 g/mol. The number of pyridine rings is 1. The molecule has 0 saturated carbocycles. The van der Waals surface area contributed by atoms with E-state index in [9.17, 15) is 0 Å². The van der Waals surface area contributed by atoms with Crippen molar-refractivity contribution in [1.82, 2.24) is 4.98 Å². The van der Waals surface area contributed by atoms with Crippen molar-refractivity contribution in [1.29, 1.82) is 0 Å². The van der Waals surface area contributed by atoms with E-state index in [1.54, 1.807) is 7.11 Å². The molecule has 0 amide bonds. The first-order valence-electron chi connectivity index (χ1n) is 10.9. The van der Waals surface area contributed by atoms with Crippen molar-refractivity contribution in [3.05, 3.63) is 81.2 Å². The van der Waals surface area contributed by atoms with Crippen LogP contribution in [0, 0.1) is 41.5 Å². The molecule has 2 aromatic carbocycles. The highest BCUT2D eigenvalue weighted by atomic mass is 16.5. The molecule has 0 saturated heterocycles. The second-order valence-corrected chi connectivity index (χ2v) is 8.67. The van der Waals surface area contributed by atoms with Crippen LogP contribution >= 0.6 is 0 Å². The van der Waals surface area contributed by atoms with Crippen molar-refractivity contribution in [3.63, 3.8) is 0 Å². The van der Waals surface area contributed by atoms with Crippen molar-refractivity contribution in [2.45, 2.75) is 55.4 Å². The van der Waals surface area contributed by atoms with Gasteiger partial charge in [-0.05, 0) is 77.6 Å². The Morgan fingerprint density at radius 3 is 1.28 bits per heavy atom. The highest BCUT2D eigenvalue weighted by Crippen LogP contribution is 2.28. The third-order valence-electron chi connectivity index (χ3n) is 5.61. The number of aliphatic imine (C=N–C) groups is 2. The molecule has 0 N–H and O–H groups in total. The Bertz CT molecular complexity index is 1100. The lowest BCUT2D eigenvalue weighted by Crippen LogP contribution is -2.07. The quantitative estimate of drug-likeness (QED) is 0.403. The van der Waals surface area contributed by atoms with Gasteiger partial charge in [-0.3, -0.25) is 9.98 Å². The number of aromatic nitrogens is 1. The molecule has 0 unspecified atom stereocenters. The summed E-state index contributed by atoms with van der Waals surface area (Å²) in [5, 5.41) is 0. The Morgan fingerprint density at radius 2 is 0.969 bits per heavy atom. The van der Waals surface area contributed by atoms with E-state index in [-0.39, 0.29) is 0 Å². The van der Waals surface area contributed by atoms with Gasteiger partial charge < -0.3 is 4.74 Å². The number of hydrogen-bond donors (Lipinski definition) is 0. The van der Waals surface area contributed by atoms with Crippen molar-refractivity contribution < 1.29 is 4.74 Å². The van der Waals surface area contributed by atoms with Crippen LogP contribution in [0.2, 0.25) is 0 Å². The molecule has 0 atom stereocenters. The van der Waals surface area contributed by atoms with Crippen LogP contribution in [0.25, 0.3) is 0 Å². The Morgan fingerprint density at radius 1 is 0.625 bits per heavy atom. The molecule has 0 bridgehead atoms. The van der Waals surface area contributed by atoms with E-state index < -0.39 is 0 Å². The fraction of sp³-hybridized carbons (Fsp3) is 0.321. The lowest BCUT2D eigenvalue weighted by atomic mass is 10.0. The van der Waals surface area contributed by atoms with Gasteiger partial charge in [-0.2, -0.15) is 0 Å². The molecular weight excluding hydrogens is 394 g/mol. The predicted octanol–water partition coefficient (Wildman–Crippen LogP) is 7.22. The maximum absolute atomic E-state index is 5.57. The first-order valence-corrected chi connectivity index (χ1v) is 10.9. The summed E-state index contributed by atoms with van der Waals surface area (Å²) in [5.74, 6) is 0.740. The lowest BCUT2D eigenvalue weighted by Gasteiger charge is -2.12. The average Bonchev–Trinajstić information content (AvgIpc) is 2.72. The van der Waals surface area contributed by atoms with Gasteiger partial charge in [0, 0.05) is 12.1 Å². The van der Waals surface area contributed by atoms with E-state index in [0.29, 0.717) is 0 Å². The molecule has 0 radical (unpaired) electrons. The van der Waals surface area contributed by atoms with Crippen LogP contribution in [-0.2, 0) is 0 Å². The van der Waals surface area contributed by atoms with Gasteiger partial charge in [-0.15, -0.1) is 0 Å². The normalized spacial score (nSPS) is 12.3. The van der Waals surface area contributed by atoms with E-state index in [4.69, 9.17) is 19.7 Å². The zero-order valence-corrected chi connectivity index (χ0v) is 20.7. The topological polar surface area (TPSA) is 46.8 Å². The van der Waals surface area contributed by atoms with Crippen LogP contribution in [0.5, 0.6) is 5.75 Å². The second-order valence-electron chi connectivity index (χ2n) is 8.67. The van der Waals surface area contributed by atoms with E-state index in [1.165, 1.54) is 11.1 Å². The highest BCUT2D eigenvalue weighted by Gasteiger charge is 2.12. The first kappa shape index (κ1) is 23.4. The third-order valence-corrected chi connectivity index (χ3v) is 5.61. The fourth-order valence-electron chi connectivity index (χ4n) is 4.14. The van der Waals surface area contributed by atoms with Crippen LogP contribution in [0.4, 0.5) is 11.4 Å². The number of rotatable bonds is 5. The van der Waals surface area contributed by atoms with Gasteiger partial charge in [0.2, 0.25) is 0 Å². The molecule has 0 fully saturated rings. The molecule has 4 nitrogen and oxygen atoms in total. The number of hydrogen-bond acceptors (Lipinski definition) is 4. The Hall–Kier alpha value is -3.27. The van der Waals surface area contributed by atoms with Crippen LogP contribution in [0.3, 0.4) is 0 Å². The fourth-order valence-corrected chi connectivity index (χ4v) is 4.14. The molecule has 0 aliphatic rings. The first-order chi connectivity index (χ1) is 15.1. The molecule has 1 heterocycles. The molecule has 3 aromatic rings. The minimum atomic E-state index is 0.740. The predicted molar refractivity (Wildman–Crippen MR) is 136 cm³/mol. The van der Waals surface area contributed by atoms with Crippen LogP contribution < -0.4 is 4.74 Å². The molecule has 166 valence electrons. The number of aryl methyl sites for hydroxylation is 6. The van der Waals surface area contributed by atoms with Gasteiger partial charge >= 0.3 is 0 Å². The maximum Gasteiger partial charge on any atom is 0.123 e. The Balaban J connectivity index is 2.08. The van der Waals surface area contributed by atoms with Crippen molar-refractivity contribution in [2.24, 2.45) is 9.98 Å². The van der Waals surface area contributed by atoms with Crippen molar-refractivity contribution in [3.8, 4) is 5.75 Å². The molecule has 1 aromatic heterocycles. The molecule has 0 aliphatic heterocycles. The molecule has 3 rings (SSSR count). The monoisotopic (exact) mass is 427 g/mol. The summed E-state index contributed by atoms with van der Waals surface area (Å²) in [7, 11) is 1.67. The summed E-state index contributed by atoms with van der Waals surface area (Å²) in [6.07, 6.45) is 0. The smallest absolute Gasteiger partial charge is 0.123 e. The zero-order valence-electron chi connectivity index (χ0n) is 20.7. The minimum absolute atomic E-state index is 0.740. The van der Waals surface area contributed by atoms with Crippen LogP contribution in [-0.4, -0.2) is 23.5 Å². The SMILES string of the molecule is COc1cc(C(C)=Nc2c(C)cc(C)cc2C)nc(C(C)=Nc2c(C)cc(C)cc2C)c1. The largest absolute Gasteiger partial charge is 0.497 e. The molecule has 0 spiro atoms. The lowest BCUT2D eigenvalue weighted by molar-refractivity contribution is 0.414. The van der Waals surface area contributed by atoms with Gasteiger partial charge in [0.1, 0.15) is 5.75 Å². The molecule has 32 heavy (non-hydrogen) atoms. The van der Waals surface area contributed by atoms with Crippen molar-refractivity contribution in [2.75, 3.05) is 7.11 Å². The van der Waals surface area contributed by atoms with E-state index in [2.05, 4.69) is 65.8 Å². The van der Waals surface area contributed by atoms with Gasteiger partial charge in [0.25, 0.3) is 0 Å². The number of ether oxygens (including phenoxy) is 1. The Kier molecular flexibility index (Phi) is 6.93. The summed E-state index contributed by atoms with van der Waals surface area (Å²) in [6.45, 7) is 16.6. The minimum Gasteiger partial charge on any atom is -0.497 e. The Labute approximate surface area is 192 Å². The summed E-state index contributed by atoms with van der Waals surface area (Å²) < 4.78 is 5.57. The van der Waals surface area contributed by atoms with Gasteiger partial charge in [0.05, 0.1) is 41.3 Å². The van der Waals surface area contributed by atoms with Gasteiger partial charge in [-0.1, -0.05) is 35.4 Å². The van der Waals surface area contributed by atoms with E-state index in [1.807, 2.05) is 26.0 Å². The summed E-state index contributed by atoms with van der Waals surface area (Å²) in [6, 6.07) is 12.5. The van der Waals surface area contributed by atoms with Gasteiger partial charge in [0.15, 0.2) is 0 Å². The van der Waals surface area contributed by atoms with E-state index >= 15 is 0 Å². The maximum atomic E-state index is 5.57. The van der Waals surface area contributed by atoms with Crippen LogP contribution in [0.1, 0.15) is 58.6 Å². The number of benzene rings is 2. The van der Waals surface area contributed by atoms with Gasteiger partial charge in [-0.25, -0.2) is 4.98 Å². The number of methoxy groups -OCH3 is 1. The molecule has 0 aliphatic carbocycles. The van der Waals surface area contributed by atoms with E-state index in [0.717, 1.165) is 62.2 Å². The summed E-state index contributed by atoms with van der Waals surface area (Å²) >= 11 is 0. The summed E-state index contributed by atoms with van der Waals surface area (Å²) in [5.41, 5.74) is 12.4. The molecular formula is C28H33N3O. The third kappa shape index (κ3) is 5.13. The second kappa shape index (κ2) is 9.47. The standard InChI is InChI=1S/C28H33N3O/c1-16-10-18(3)27(19(4)11-16)29-22(7)25-14-24(32-9)15-26(31-25)23(8)30-28-20(5)12-17(2)13-21(28)6/h10-15H,1-9H3. The van der Waals surface area contributed by atoms with Crippen molar-refractivity contribution >= 4 is 22.8 Å². The summed E-state index contributed by atoms with van der Waals surface area (Å²) in [4.78, 5) is 14.7. The number of nitrogens with zero attached hydrogens (tertiary/aromatic N) is 3.